The first-order valence-electron chi connectivity index (χ1n) is 5.67. The fourth-order valence-electron chi connectivity index (χ4n) is 1.96. The van der Waals surface area contributed by atoms with E-state index in [4.69, 9.17) is 5.11 Å². The quantitative estimate of drug-likeness (QED) is 0.889. The number of hydrogen-bond donors (Lipinski definition) is 2. The second-order valence-corrected chi connectivity index (χ2v) is 5.31. The van der Waals surface area contributed by atoms with Gasteiger partial charge in [-0.05, 0) is 40.9 Å². The number of carbonyl (C=O) groups excluding carboxylic acids is 1. The lowest BCUT2D eigenvalue weighted by Crippen LogP contribution is -2.47. The highest BCUT2D eigenvalue weighted by atomic mass is 79.9. The van der Waals surface area contributed by atoms with Crippen LogP contribution in [0.2, 0.25) is 0 Å². The molecule has 0 atom stereocenters. The Balaban J connectivity index is 2.01. The fourth-order valence-corrected chi connectivity index (χ4v) is 2.39. The molecule has 1 heterocycles. The maximum atomic E-state index is 11.9. The van der Waals surface area contributed by atoms with Gasteiger partial charge in [-0.1, -0.05) is 6.42 Å². The summed E-state index contributed by atoms with van der Waals surface area (Å²) in [4.78, 5) is 27.0. The van der Waals surface area contributed by atoms with Crippen molar-refractivity contribution < 1.29 is 14.7 Å². The Kier molecular flexibility index (Phi) is 3.65. The van der Waals surface area contributed by atoms with Gasteiger partial charge in [0.15, 0.2) is 0 Å². The normalized spacial score (nSPS) is 16.7. The van der Waals surface area contributed by atoms with Crippen molar-refractivity contribution in [1.82, 2.24) is 10.3 Å². The lowest BCUT2D eigenvalue weighted by Gasteiger charge is -2.37. The SMILES string of the molecule is O=C(NCC1(C(=O)O)CCC1)c1ncccc1Br. The molecule has 0 saturated heterocycles. The van der Waals surface area contributed by atoms with Crippen LogP contribution in [0, 0.1) is 5.41 Å². The van der Waals surface area contributed by atoms with E-state index in [0.717, 1.165) is 6.42 Å². The molecule has 96 valence electrons. The number of aliphatic carboxylic acids is 1. The predicted octanol–water partition coefficient (Wildman–Crippen LogP) is 1.83. The molecule has 1 saturated carbocycles. The predicted molar refractivity (Wildman–Crippen MR) is 68.2 cm³/mol. The molecule has 1 aromatic heterocycles. The first kappa shape index (κ1) is 13.0. The molecular formula is C12H13BrN2O3. The molecule has 2 rings (SSSR count). The number of nitrogens with one attached hydrogen (secondary N) is 1. The summed E-state index contributed by atoms with van der Waals surface area (Å²) >= 11 is 3.24. The van der Waals surface area contributed by atoms with Crippen molar-refractivity contribution in [3.8, 4) is 0 Å². The number of pyridine rings is 1. The zero-order chi connectivity index (χ0) is 13.2. The Labute approximate surface area is 113 Å². The summed E-state index contributed by atoms with van der Waals surface area (Å²) in [5, 5.41) is 11.8. The third-order valence-corrected chi connectivity index (χ3v) is 3.97. The molecule has 6 heteroatoms. The molecular weight excluding hydrogens is 300 g/mol. The molecule has 0 aromatic carbocycles. The molecule has 2 N–H and O–H groups in total. The summed E-state index contributed by atoms with van der Waals surface area (Å²) in [6.07, 6.45) is 3.66. The number of aromatic nitrogens is 1. The lowest BCUT2D eigenvalue weighted by molar-refractivity contribution is -0.153. The van der Waals surface area contributed by atoms with E-state index in [1.807, 2.05) is 0 Å². The van der Waals surface area contributed by atoms with Gasteiger partial charge in [0.1, 0.15) is 5.69 Å². The Hall–Kier alpha value is -1.43. The van der Waals surface area contributed by atoms with Gasteiger partial charge in [-0.15, -0.1) is 0 Å². The van der Waals surface area contributed by atoms with Crippen LogP contribution in [0.3, 0.4) is 0 Å². The summed E-state index contributed by atoms with van der Waals surface area (Å²) in [6.45, 7) is 0.157. The van der Waals surface area contributed by atoms with Gasteiger partial charge in [-0.3, -0.25) is 9.59 Å². The van der Waals surface area contributed by atoms with Crippen molar-refractivity contribution >= 4 is 27.8 Å². The molecule has 1 aromatic rings. The number of nitrogens with zero attached hydrogens (tertiary/aromatic N) is 1. The van der Waals surface area contributed by atoms with Crippen LogP contribution in [0.15, 0.2) is 22.8 Å². The van der Waals surface area contributed by atoms with Crippen LogP contribution in [0.5, 0.6) is 0 Å². The van der Waals surface area contributed by atoms with Gasteiger partial charge in [-0.25, -0.2) is 4.98 Å². The Bertz CT molecular complexity index is 486. The Morgan fingerprint density at radius 3 is 2.72 bits per heavy atom. The fraction of sp³-hybridized carbons (Fsp3) is 0.417. The number of rotatable bonds is 4. The summed E-state index contributed by atoms with van der Waals surface area (Å²) < 4.78 is 0.598. The molecule has 0 bridgehead atoms. The first-order chi connectivity index (χ1) is 8.55. The van der Waals surface area contributed by atoms with E-state index in [2.05, 4.69) is 26.2 Å². The van der Waals surface area contributed by atoms with Crippen LogP contribution in [0.1, 0.15) is 29.8 Å². The van der Waals surface area contributed by atoms with Crippen molar-refractivity contribution in [1.29, 1.82) is 0 Å². The Morgan fingerprint density at radius 1 is 1.50 bits per heavy atom. The third kappa shape index (κ3) is 2.38. The lowest BCUT2D eigenvalue weighted by atomic mass is 9.69. The summed E-state index contributed by atoms with van der Waals surface area (Å²) in [5.74, 6) is -1.19. The minimum atomic E-state index is -0.839. The molecule has 18 heavy (non-hydrogen) atoms. The number of amides is 1. The maximum Gasteiger partial charge on any atom is 0.311 e. The van der Waals surface area contributed by atoms with Gasteiger partial charge in [-0.2, -0.15) is 0 Å². The number of halogens is 1. The highest BCUT2D eigenvalue weighted by Gasteiger charge is 2.44. The van der Waals surface area contributed by atoms with E-state index < -0.39 is 11.4 Å². The van der Waals surface area contributed by atoms with Gasteiger partial charge in [0.25, 0.3) is 5.91 Å². The number of carboxylic acids is 1. The van der Waals surface area contributed by atoms with Crippen LogP contribution in [0.4, 0.5) is 0 Å². The van der Waals surface area contributed by atoms with Crippen molar-refractivity contribution in [3.63, 3.8) is 0 Å². The van der Waals surface area contributed by atoms with Crippen LogP contribution in [-0.2, 0) is 4.79 Å². The molecule has 0 spiro atoms. The average molecular weight is 313 g/mol. The van der Waals surface area contributed by atoms with E-state index in [1.54, 1.807) is 12.1 Å². The number of carbonyl (C=O) groups is 2. The highest BCUT2D eigenvalue weighted by molar-refractivity contribution is 9.10. The highest BCUT2D eigenvalue weighted by Crippen LogP contribution is 2.40. The van der Waals surface area contributed by atoms with E-state index >= 15 is 0 Å². The van der Waals surface area contributed by atoms with E-state index in [0.29, 0.717) is 17.3 Å². The molecule has 1 fully saturated rings. The van der Waals surface area contributed by atoms with Crippen molar-refractivity contribution in [2.75, 3.05) is 6.54 Å². The topological polar surface area (TPSA) is 79.3 Å². The van der Waals surface area contributed by atoms with Gasteiger partial charge in [0.2, 0.25) is 0 Å². The first-order valence-corrected chi connectivity index (χ1v) is 6.47. The van der Waals surface area contributed by atoms with Crippen LogP contribution < -0.4 is 5.32 Å². The van der Waals surface area contributed by atoms with E-state index in [9.17, 15) is 9.59 Å². The summed E-state index contributed by atoms with van der Waals surface area (Å²) in [7, 11) is 0. The van der Waals surface area contributed by atoms with Crippen LogP contribution in [0.25, 0.3) is 0 Å². The molecule has 1 aliphatic carbocycles. The zero-order valence-electron chi connectivity index (χ0n) is 9.65. The molecule has 0 radical (unpaired) electrons. The minimum Gasteiger partial charge on any atom is -0.481 e. The van der Waals surface area contributed by atoms with E-state index in [-0.39, 0.29) is 18.1 Å². The zero-order valence-corrected chi connectivity index (χ0v) is 11.2. The van der Waals surface area contributed by atoms with Crippen molar-refractivity contribution in [2.45, 2.75) is 19.3 Å². The standard InChI is InChI=1S/C12H13BrN2O3/c13-8-3-1-6-14-9(8)10(16)15-7-12(11(17)18)4-2-5-12/h1,3,6H,2,4-5,7H2,(H,15,16)(H,17,18). The number of carboxylic acid groups (broad SMARTS) is 1. The van der Waals surface area contributed by atoms with Crippen molar-refractivity contribution in [2.24, 2.45) is 5.41 Å². The van der Waals surface area contributed by atoms with E-state index in [1.165, 1.54) is 6.20 Å². The maximum absolute atomic E-state index is 11.9. The van der Waals surface area contributed by atoms with Gasteiger partial charge < -0.3 is 10.4 Å². The minimum absolute atomic E-state index is 0.157. The number of hydrogen-bond acceptors (Lipinski definition) is 3. The third-order valence-electron chi connectivity index (χ3n) is 3.33. The monoisotopic (exact) mass is 312 g/mol. The second-order valence-electron chi connectivity index (χ2n) is 4.46. The average Bonchev–Trinajstić information content (AvgIpc) is 2.27. The summed E-state index contributed by atoms with van der Waals surface area (Å²) in [5.41, 5.74) is -0.506. The molecule has 0 aliphatic heterocycles. The van der Waals surface area contributed by atoms with Gasteiger partial charge in [0, 0.05) is 17.2 Å². The van der Waals surface area contributed by atoms with Crippen molar-refractivity contribution in [3.05, 3.63) is 28.5 Å². The largest absolute Gasteiger partial charge is 0.481 e. The van der Waals surface area contributed by atoms with Gasteiger partial charge >= 0.3 is 5.97 Å². The van der Waals surface area contributed by atoms with Crippen LogP contribution >= 0.6 is 15.9 Å². The van der Waals surface area contributed by atoms with Crippen LogP contribution in [-0.4, -0.2) is 28.5 Å². The molecule has 1 aliphatic rings. The smallest absolute Gasteiger partial charge is 0.311 e. The molecule has 0 unspecified atom stereocenters. The summed E-state index contributed by atoms with van der Waals surface area (Å²) in [6, 6.07) is 3.43. The molecule has 5 nitrogen and oxygen atoms in total. The molecule has 1 amide bonds. The Morgan fingerprint density at radius 2 is 2.22 bits per heavy atom. The van der Waals surface area contributed by atoms with Gasteiger partial charge in [0.05, 0.1) is 5.41 Å². The second kappa shape index (κ2) is 5.06.